The van der Waals surface area contributed by atoms with Crippen LogP contribution in [-0.4, -0.2) is 53.5 Å². The lowest BCUT2D eigenvalue weighted by Gasteiger charge is -2.32. The Kier molecular flexibility index (Phi) is 6.39. The molecular formula is C20H23F3N4O2. The summed E-state index contributed by atoms with van der Waals surface area (Å²) in [5.41, 5.74) is -0.891. The van der Waals surface area contributed by atoms with Crippen molar-refractivity contribution < 1.29 is 18.0 Å². The SMILES string of the molecule is CN1CCN(Cc2ccc(NC(=O)Cn3cccc(C(F)(F)F)c3=O)cc2)CC1. The first-order chi connectivity index (χ1) is 13.7. The van der Waals surface area contributed by atoms with Gasteiger partial charge in [0.05, 0.1) is 0 Å². The third kappa shape index (κ3) is 5.68. The lowest BCUT2D eigenvalue weighted by atomic mass is 10.2. The van der Waals surface area contributed by atoms with Crippen molar-refractivity contribution in [2.75, 3.05) is 38.5 Å². The molecule has 1 aliphatic rings. The molecule has 3 rings (SSSR count). The Balaban J connectivity index is 1.58. The van der Waals surface area contributed by atoms with E-state index in [0.717, 1.165) is 55.1 Å². The van der Waals surface area contributed by atoms with Gasteiger partial charge in [-0.05, 0) is 36.9 Å². The van der Waals surface area contributed by atoms with Gasteiger partial charge in [0.2, 0.25) is 5.91 Å². The average Bonchev–Trinajstić information content (AvgIpc) is 2.66. The molecule has 1 aliphatic heterocycles. The quantitative estimate of drug-likeness (QED) is 0.825. The summed E-state index contributed by atoms with van der Waals surface area (Å²) in [5.74, 6) is -0.571. The molecule has 1 aromatic heterocycles. The maximum Gasteiger partial charge on any atom is 0.421 e. The van der Waals surface area contributed by atoms with E-state index in [1.807, 2.05) is 12.1 Å². The van der Waals surface area contributed by atoms with Crippen LogP contribution < -0.4 is 10.9 Å². The molecule has 0 bridgehead atoms. The zero-order chi connectivity index (χ0) is 21.0. The Labute approximate surface area is 166 Å². The fourth-order valence-electron chi connectivity index (χ4n) is 3.19. The largest absolute Gasteiger partial charge is 0.421 e. The van der Waals surface area contributed by atoms with Gasteiger partial charge in [-0.1, -0.05) is 12.1 Å². The molecule has 2 aromatic rings. The molecule has 1 amide bonds. The zero-order valence-corrected chi connectivity index (χ0v) is 16.1. The summed E-state index contributed by atoms with van der Waals surface area (Å²) in [6.07, 6.45) is -3.59. The summed E-state index contributed by atoms with van der Waals surface area (Å²) in [4.78, 5) is 28.7. The summed E-state index contributed by atoms with van der Waals surface area (Å²) in [5, 5.41) is 2.61. The Bertz CT molecular complexity index is 901. The first-order valence-corrected chi connectivity index (χ1v) is 9.29. The molecule has 0 spiro atoms. The van der Waals surface area contributed by atoms with E-state index in [2.05, 4.69) is 22.2 Å². The van der Waals surface area contributed by atoms with E-state index in [4.69, 9.17) is 0 Å². The maximum atomic E-state index is 12.8. The number of alkyl halides is 3. The molecule has 6 nitrogen and oxygen atoms in total. The highest BCUT2D eigenvalue weighted by Crippen LogP contribution is 2.26. The average molecular weight is 408 g/mol. The normalized spacial score (nSPS) is 16.0. The van der Waals surface area contributed by atoms with Gasteiger partial charge in [-0.3, -0.25) is 14.5 Å². The van der Waals surface area contributed by atoms with Crippen molar-refractivity contribution in [1.29, 1.82) is 0 Å². The molecule has 9 heteroatoms. The van der Waals surface area contributed by atoms with E-state index >= 15 is 0 Å². The summed E-state index contributed by atoms with van der Waals surface area (Å²) in [7, 11) is 2.10. The van der Waals surface area contributed by atoms with Crippen LogP contribution in [0.4, 0.5) is 18.9 Å². The number of aromatic nitrogens is 1. The molecular weight excluding hydrogens is 385 g/mol. The standard InChI is InChI=1S/C20H23F3N4O2/c1-25-9-11-26(12-10-25)13-15-4-6-16(7-5-15)24-18(28)14-27-8-2-3-17(19(27)29)20(21,22)23/h2-8H,9-14H2,1H3,(H,24,28). The summed E-state index contributed by atoms with van der Waals surface area (Å²) in [6.45, 7) is 4.39. The predicted octanol–water partition coefficient (Wildman–Crippen LogP) is 2.25. The number of rotatable bonds is 5. The van der Waals surface area contributed by atoms with Gasteiger partial charge in [0.25, 0.3) is 5.56 Å². The number of carbonyl (C=O) groups is 1. The van der Waals surface area contributed by atoms with Crippen LogP contribution in [0.2, 0.25) is 0 Å². The van der Waals surface area contributed by atoms with Crippen molar-refractivity contribution in [3.63, 3.8) is 0 Å². The van der Waals surface area contributed by atoms with Gasteiger partial charge < -0.3 is 14.8 Å². The highest BCUT2D eigenvalue weighted by atomic mass is 19.4. The number of nitrogens with one attached hydrogen (secondary N) is 1. The molecule has 1 N–H and O–H groups in total. The van der Waals surface area contributed by atoms with E-state index in [1.54, 1.807) is 12.1 Å². The second-order valence-corrected chi connectivity index (χ2v) is 7.18. The molecule has 29 heavy (non-hydrogen) atoms. The highest BCUT2D eigenvalue weighted by molar-refractivity contribution is 5.90. The van der Waals surface area contributed by atoms with E-state index in [1.165, 1.54) is 0 Å². The van der Waals surface area contributed by atoms with Gasteiger partial charge in [-0.2, -0.15) is 13.2 Å². The van der Waals surface area contributed by atoms with Gasteiger partial charge in [-0.15, -0.1) is 0 Å². The fraction of sp³-hybridized carbons (Fsp3) is 0.400. The number of pyridine rings is 1. The Morgan fingerprint density at radius 2 is 1.72 bits per heavy atom. The highest BCUT2D eigenvalue weighted by Gasteiger charge is 2.34. The van der Waals surface area contributed by atoms with Crippen LogP contribution in [0.25, 0.3) is 0 Å². The maximum absolute atomic E-state index is 12.8. The topological polar surface area (TPSA) is 57.6 Å². The number of benzene rings is 1. The summed E-state index contributed by atoms with van der Waals surface area (Å²) < 4.78 is 39.2. The lowest BCUT2D eigenvalue weighted by molar-refractivity contribution is -0.139. The van der Waals surface area contributed by atoms with Gasteiger partial charge in [0.15, 0.2) is 0 Å². The van der Waals surface area contributed by atoms with Gasteiger partial charge >= 0.3 is 6.18 Å². The molecule has 0 aliphatic carbocycles. The van der Waals surface area contributed by atoms with Crippen LogP contribution in [-0.2, 0) is 24.1 Å². The van der Waals surface area contributed by atoms with Crippen molar-refractivity contribution >= 4 is 11.6 Å². The van der Waals surface area contributed by atoms with E-state index < -0.39 is 29.8 Å². The first kappa shape index (κ1) is 21.1. The van der Waals surface area contributed by atoms with E-state index in [9.17, 15) is 22.8 Å². The van der Waals surface area contributed by atoms with Crippen molar-refractivity contribution in [2.45, 2.75) is 19.3 Å². The molecule has 156 valence electrons. The Morgan fingerprint density at radius 3 is 2.34 bits per heavy atom. The number of piperazine rings is 1. The number of anilines is 1. The van der Waals surface area contributed by atoms with Crippen molar-refractivity contribution in [1.82, 2.24) is 14.4 Å². The third-order valence-electron chi connectivity index (χ3n) is 4.88. The van der Waals surface area contributed by atoms with Crippen LogP contribution in [0.3, 0.4) is 0 Å². The van der Waals surface area contributed by atoms with E-state index in [-0.39, 0.29) is 0 Å². The number of hydrogen-bond acceptors (Lipinski definition) is 4. The van der Waals surface area contributed by atoms with Crippen molar-refractivity contribution in [2.24, 2.45) is 0 Å². The third-order valence-corrected chi connectivity index (χ3v) is 4.88. The molecule has 0 radical (unpaired) electrons. The second-order valence-electron chi connectivity index (χ2n) is 7.18. The van der Waals surface area contributed by atoms with Crippen LogP contribution in [0.1, 0.15) is 11.1 Å². The zero-order valence-electron chi connectivity index (χ0n) is 16.1. The number of amides is 1. The molecule has 1 aromatic carbocycles. The van der Waals surface area contributed by atoms with Crippen molar-refractivity contribution in [3.8, 4) is 0 Å². The van der Waals surface area contributed by atoms with Crippen molar-refractivity contribution in [3.05, 3.63) is 64.1 Å². The van der Waals surface area contributed by atoms with Gasteiger partial charge in [0.1, 0.15) is 12.1 Å². The minimum absolute atomic E-state index is 0.494. The number of hydrogen-bond donors (Lipinski definition) is 1. The molecule has 0 unspecified atom stereocenters. The molecule has 2 heterocycles. The van der Waals surface area contributed by atoms with Crippen LogP contribution >= 0.6 is 0 Å². The monoisotopic (exact) mass is 408 g/mol. The molecule has 0 atom stereocenters. The Hall–Kier alpha value is -2.65. The van der Waals surface area contributed by atoms with Gasteiger partial charge in [0, 0.05) is 44.6 Å². The fourth-order valence-corrected chi connectivity index (χ4v) is 3.19. The minimum Gasteiger partial charge on any atom is -0.325 e. The van der Waals surface area contributed by atoms with Gasteiger partial charge in [-0.25, -0.2) is 0 Å². The van der Waals surface area contributed by atoms with Crippen LogP contribution in [0.15, 0.2) is 47.4 Å². The van der Waals surface area contributed by atoms with E-state index in [0.29, 0.717) is 11.8 Å². The molecule has 0 saturated carbocycles. The minimum atomic E-state index is -4.75. The number of halogens is 3. The predicted molar refractivity (Wildman–Crippen MR) is 104 cm³/mol. The number of nitrogens with zero attached hydrogens (tertiary/aromatic N) is 3. The Morgan fingerprint density at radius 1 is 1.07 bits per heavy atom. The molecule has 1 saturated heterocycles. The van der Waals surface area contributed by atoms with Crippen LogP contribution in [0.5, 0.6) is 0 Å². The number of likely N-dealkylation sites (N-methyl/N-ethyl adjacent to an activating group) is 1. The lowest BCUT2D eigenvalue weighted by Crippen LogP contribution is -2.43. The summed E-state index contributed by atoms with van der Waals surface area (Å²) >= 11 is 0. The van der Waals surface area contributed by atoms with Crippen LogP contribution in [0, 0.1) is 0 Å². The summed E-state index contributed by atoms with van der Waals surface area (Å²) in [6, 6.07) is 9.12. The smallest absolute Gasteiger partial charge is 0.325 e. The molecule has 1 fully saturated rings. The first-order valence-electron chi connectivity index (χ1n) is 9.29. The second kappa shape index (κ2) is 8.79. The number of carbonyl (C=O) groups excluding carboxylic acids is 1.